The van der Waals surface area contributed by atoms with Crippen molar-refractivity contribution >= 4 is 0 Å². The van der Waals surface area contributed by atoms with E-state index in [0.717, 1.165) is 6.67 Å². The van der Waals surface area contributed by atoms with Crippen LogP contribution in [0.15, 0.2) is 0 Å². The lowest BCUT2D eigenvalue weighted by Gasteiger charge is -2.53. The second-order valence-corrected chi connectivity index (χ2v) is 3.99. The highest BCUT2D eigenvalue weighted by Crippen LogP contribution is 2.23. The van der Waals surface area contributed by atoms with Gasteiger partial charge in [-0.1, -0.05) is 0 Å². The van der Waals surface area contributed by atoms with Gasteiger partial charge in [0.25, 0.3) is 0 Å². The number of nitrogens with zero attached hydrogens (tertiary/aromatic N) is 2. The quantitative estimate of drug-likeness (QED) is 0.600. The van der Waals surface area contributed by atoms with Crippen molar-refractivity contribution in [2.75, 3.05) is 6.67 Å². The zero-order chi connectivity index (χ0) is 8.59. The summed E-state index contributed by atoms with van der Waals surface area (Å²) in [5, 5.41) is 0. The van der Waals surface area contributed by atoms with E-state index in [2.05, 4.69) is 44.4 Å². The van der Waals surface area contributed by atoms with Crippen LogP contribution in [-0.2, 0) is 0 Å². The summed E-state index contributed by atoms with van der Waals surface area (Å²) in [6.07, 6.45) is 0.648. The van der Waals surface area contributed by atoms with E-state index in [0.29, 0.717) is 18.2 Å². The van der Waals surface area contributed by atoms with Crippen LogP contribution in [0.1, 0.15) is 34.6 Å². The Morgan fingerprint density at radius 3 is 1.55 bits per heavy atom. The van der Waals surface area contributed by atoms with Gasteiger partial charge < -0.3 is 0 Å². The molecule has 1 aliphatic rings. The molecule has 0 aromatic carbocycles. The van der Waals surface area contributed by atoms with Gasteiger partial charge in [-0.3, -0.25) is 9.80 Å². The molecule has 0 bridgehead atoms. The topological polar surface area (TPSA) is 6.48 Å². The second-order valence-electron chi connectivity index (χ2n) is 3.99. The predicted octanol–water partition coefficient (Wildman–Crippen LogP) is 1.72. The highest BCUT2D eigenvalue weighted by molar-refractivity contribution is 4.83. The largest absolute Gasteiger partial charge is 0.273 e. The first-order valence-electron chi connectivity index (χ1n) is 4.55. The molecule has 0 unspecified atom stereocenters. The van der Waals surface area contributed by atoms with E-state index < -0.39 is 0 Å². The van der Waals surface area contributed by atoms with Gasteiger partial charge in [0.2, 0.25) is 0 Å². The first-order chi connectivity index (χ1) is 5.04. The Morgan fingerprint density at radius 2 is 1.36 bits per heavy atom. The Labute approximate surface area is 70.2 Å². The van der Waals surface area contributed by atoms with Gasteiger partial charge in [-0.2, -0.15) is 0 Å². The van der Waals surface area contributed by atoms with Crippen LogP contribution in [0.5, 0.6) is 0 Å². The third kappa shape index (κ3) is 1.57. The van der Waals surface area contributed by atoms with Gasteiger partial charge in [-0.05, 0) is 34.6 Å². The summed E-state index contributed by atoms with van der Waals surface area (Å²) in [4.78, 5) is 5.00. The van der Waals surface area contributed by atoms with Crippen LogP contribution in [0.3, 0.4) is 0 Å². The number of rotatable bonds is 2. The fourth-order valence-corrected chi connectivity index (χ4v) is 1.71. The minimum Gasteiger partial charge on any atom is -0.273 e. The lowest BCUT2D eigenvalue weighted by atomic mass is 10.2. The van der Waals surface area contributed by atoms with E-state index in [-0.39, 0.29) is 0 Å². The Hall–Kier alpha value is -0.0800. The van der Waals surface area contributed by atoms with Gasteiger partial charge in [0.05, 0.1) is 12.8 Å². The number of hydrogen-bond acceptors (Lipinski definition) is 2. The molecule has 2 heteroatoms. The summed E-state index contributed by atoms with van der Waals surface area (Å²) < 4.78 is 0. The normalized spacial score (nSPS) is 23.2. The Morgan fingerprint density at radius 1 is 1.00 bits per heavy atom. The number of hydrogen-bond donors (Lipinski definition) is 0. The molecule has 11 heavy (non-hydrogen) atoms. The molecule has 2 nitrogen and oxygen atoms in total. The minimum atomic E-state index is 0.648. The molecule has 1 rings (SSSR count). The van der Waals surface area contributed by atoms with Gasteiger partial charge in [0.15, 0.2) is 0 Å². The lowest BCUT2D eigenvalue weighted by molar-refractivity contribution is -0.132. The molecule has 1 saturated heterocycles. The highest BCUT2D eigenvalue weighted by Gasteiger charge is 2.35. The zero-order valence-corrected chi connectivity index (χ0v) is 8.33. The Balaban J connectivity index is 2.38. The molecule has 0 radical (unpaired) electrons. The van der Waals surface area contributed by atoms with Crippen molar-refractivity contribution < 1.29 is 0 Å². The maximum atomic E-state index is 2.50. The van der Waals surface area contributed by atoms with Gasteiger partial charge in [-0.25, -0.2) is 0 Å². The van der Waals surface area contributed by atoms with E-state index >= 15 is 0 Å². The van der Waals surface area contributed by atoms with Gasteiger partial charge in [0, 0.05) is 12.1 Å². The van der Waals surface area contributed by atoms with E-state index in [4.69, 9.17) is 0 Å². The van der Waals surface area contributed by atoms with Crippen molar-refractivity contribution in [2.24, 2.45) is 0 Å². The average Bonchev–Trinajstić information content (AvgIpc) is 1.82. The molecule has 66 valence electrons. The second kappa shape index (κ2) is 3.11. The fourth-order valence-electron chi connectivity index (χ4n) is 1.71. The van der Waals surface area contributed by atoms with E-state index in [1.807, 2.05) is 0 Å². The molecule has 1 heterocycles. The smallest absolute Gasteiger partial charge is 0.0620 e. The molecule has 0 atom stereocenters. The molecular weight excluding hydrogens is 136 g/mol. The Kier molecular flexibility index (Phi) is 2.55. The van der Waals surface area contributed by atoms with E-state index in [1.54, 1.807) is 0 Å². The maximum absolute atomic E-state index is 2.50. The van der Waals surface area contributed by atoms with Crippen molar-refractivity contribution in [1.82, 2.24) is 9.80 Å². The van der Waals surface area contributed by atoms with Crippen molar-refractivity contribution in [1.29, 1.82) is 0 Å². The third-order valence-corrected chi connectivity index (χ3v) is 2.61. The van der Waals surface area contributed by atoms with Crippen LogP contribution in [0.2, 0.25) is 0 Å². The summed E-state index contributed by atoms with van der Waals surface area (Å²) in [7, 11) is 0. The summed E-state index contributed by atoms with van der Waals surface area (Å²) in [6, 6.07) is 1.39. The van der Waals surface area contributed by atoms with Crippen LogP contribution < -0.4 is 0 Å². The summed E-state index contributed by atoms with van der Waals surface area (Å²) in [6.45, 7) is 12.5. The summed E-state index contributed by atoms with van der Waals surface area (Å²) in [5.41, 5.74) is 0. The van der Waals surface area contributed by atoms with Crippen LogP contribution >= 0.6 is 0 Å². The molecule has 0 saturated carbocycles. The molecule has 1 aliphatic heterocycles. The monoisotopic (exact) mass is 156 g/mol. The fraction of sp³-hybridized carbons (Fsp3) is 1.00. The van der Waals surface area contributed by atoms with E-state index in [1.165, 1.54) is 0 Å². The summed E-state index contributed by atoms with van der Waals surface area (Å²) in [5.74, 6) is 0. The minimum absolute atomic E-state index is 0.648. The molecule has 0 N–H and O–H groups in total. The third-order valence-electron chi connectivity index (χ3n) is 2.61. The van der Waals surface area contributed by atoms with E-state index in [9.17, 15) is 0 Å². The van der Waals surface area contributed by atoms with Crippen LogP contribution in [-0.4, -0.2) is 34.7 Å². The molecule has 0 aliphatic carbocycles. The molecule has 0 aromatic heterocycles. The lowest BCUT2D eigenvalue weighted by Crippen LogP contribution is -2.66. The Bertz CT molecular complexity index is 118. The molecule has 0 spiro atoms. The standard InChI is InChI=1S/C9H20N2/c1-7(2)10-6-11(8(3)4)9(10)5/h7-9H,6H2,1-5H3. The SMILES string of the molecule is CC(C)N1CN(C(C)C)C1C. The predicted molar refractivity (Wildman–Crippen MR) is 48.3 cm³/mol. The van der Waals surface area contributed by atoms with Crippen LogP contribution in [0.4, 0.5) is 0 Å². The van der Waals surface area contributed by atoms with Gasteiger partial charge in [0.1, 0.15) is 0 Å². The molecule has 0 aromatic rings. The van der Waals surface area contributed by atoms with Gasteiger partial charge >= 0.3 is 0 Å². The van der Waals surface area contributed by atoms with Crippen molar-refractivity contribution in [3.05, 3.63) is 0 Å². The van der Waals surface area contributed by atoms with Crippen LogP contribution in [0, 0.1) is 0 Å². The first kappa shape index (κ1) is 9.01. The molecular formula is C9H20N2. The average molecular weight is 156 g/mol. The molecule has 1 fully saturated rings. The maximum Gasteiger partial charge on any atom is 0.0620 e. The summed E-state index contributed by atoms with van der Waals surface area (Å²) >= 11 is 0. The van der Waals surface area contributed by atoms with Gasteiger partial charge in [-0.15, -0.1) is 0 Å². The zero-order valence-electron chi connectivity index (χ0n) is 8.33. The first-order valence-corrected chi connectivity index (χ1v) is 4.55. The van der Waals surface area contributed by atoms with Crippen LogP contribution in [0.25, 0.3) is 0 Å². The molecule has 0 amide bonds. The van der Waals surface area contributed by atoms with Crippen molar-refractivity contribution in [3.63, 3.8) is 0 Å². The van der Waals surface area contributed by atoms with Crippen molar-refractivity contribution in [3.8, 4) is 0 Å². The highest BCUT2D eigenvalue weighted by atomic mass is 15.5. The van der Waals surface area contributed by atoms with Crippen molar-refractivity contribution in [2.45, 2.75) is 52.9 Å².